The van der Waals surface area contributed by atoms with Crippen LogP contribution >= 0.6 is 46.4 Å². The molecule has 0 aromatic rings. The van der Waals surface area contributed by atoms with Crippen LogP contribution < -0.4 is 0 Å². The van der Waals surface area contributed by atoms with Crippen molar-refractivity contribution < 1.29 is 110 Å². The van der Waals surface area contributed by atoms with Crippen LogP contribution in [-0.2, 0) is 57.3 Å². The molecule has 5 aliphatic rings. The second kappa shape index (κ2) is 46.4. The summed E-state index contributed by atoms with van der Waals surface area (Å²) in [7, 11) is 0. The highest BCUT2D eigenvalue weighted by molar-refractivity contribution is 6.47. The summed E-state index contributed by atoms with van der Waals surface area (Å²) < 4.78 is 180. The fourth-order valence-electron chi connectivity index (χ4n) is 11.9. The van der Waals surface area contributed by atoms with Gasteiger partial charge in [0.2, 0.25) is 0 Å². The number of carbonyl (C=O) groups excluding carboxylic acids is 8. The Balaban J connectivity index is 1.35. The highest BCUT2D eigenvalue weighted by Gasteiger charge is 2.34. The smallest absolute Gasteiger partial charge is 0.392 e. The number of allylic oxidation sites excluding steroid dienone is 24. The van der Waals surface area contributed by atoms with E-state index in [1.54, 1.807) is 48.6 Å². The van der Waals surface area contributed by atoms with Crippen LogP contribution in [0.1, 0.15) is 180 Å². The molecule has 0 spiro atoms. The van der Waals surface area contributed by atoms with E-state index in [0.29, 0.717) is 25.7 Å². The molecular weight excluding hydrogens is 1520 g/mol. The largest absolute Gasteiger partial charge is 0.462 e. The minimum Gasteiger partial charge on any atom is -0.462 e. The Morgan fingerprint density at radius 2 is 0.491 bits per heavy atom. The Hall–Kier alpha value is -7.28. The lowest BCUT2D eigenvalue weighted by Gasteiger charge is -2.17. The number of ketones is 4. The second-order valence-electron chi connectivity index (χ2n) is 26.3. The summed E-state index contributed by atoms with van der Waals surface area (Å²) in [6.45, 7) is 0. The SMILES string of the molecule is O=C1CCCC=CCC2C=C(Cl)C(=O)C2=CC[C@@H](C/C=C\CC(F)(F)F)OC(=O)CCCC=CC[C@H]2C=C(Cl)C(=O)C2=CC[C@H](C/C=C\CC(F)(F)F)OC(=O)CCCC=CCC2C=C(Cl)C(=O)C2=CC[C@@H](C/C=C\CC(F)(F)F)OC(=O)CCCC=CC[C@H]2C=C(Cl)C(=O)C2=CC[C@H](C/C=C\CC(F)(F)F)O1. The Morgan fingerprint density at radius 1 is 0.296 bits per heavy atom. The summed E-state index contributed by atoms with van der Waals surface area (Å²) in [5, 5.41) is -0.315. The number of fused-ring (bicyclic) bond motifs is 4. The third-order valence-electron chi connectivity index (χ3n) is 17.4. The molecule has 0 N–H and O–H groups in total. The maximum atomic E-state index is 13.3. The Morgan fingerprint density at radius 3 is 0.676 bits per heavy atom. The van der Waals surface area contributed by atoms with Gasteiger partial charge in [-0.3, -0.25) is 38.4 Å². The first-order valence-electron chi connectivity index (χ1n) is 35.8. The molecule has 4 aliphatic carbocycles. The summed E-state index contributed by atoms with van der Waals surface area (Å²) >= 11 is 25.2. The maximum absolute atomic E-state index is 13.3. The van der Waals surface area contributed by atoms with Crippen molar-refractivity contribution in [3.05, 3.63) is 188 Å². The van der Waals surface area contributed by atoms with E-state index in [1.165, 1.54) is 72.9 Å². The Bertz CT molecular complexity index is 3160. The molecule has 592 valence electrons. The van der Waals surface area contributed by atoms with E-state index in [9.17, 15) is 91.0 Å². The van der Waals surface area contributed by atoms with Crippen molar-refractivity contribution >= 4 is 93.4 Å². The van der Waals surface area contributed by atoms with Crippen LogP contribution in [0.15, 0.2) is 188 Å². The first-order chi connectivity index (χ1) is 51.0. The summed E-state index contributed by atoms with van der Waals surface area (Å²) in [4.78, 5) is 106. The topological polar surface area (TPSA) is 173 Å². The van der Waals surface area contributed by atoms with Gasteiger partial charge in [0, 0.05) is 123 Å². The minimum atomic E-state index is -4.50. The Labute approximate surface area is 640 Å². The van der Waals surface area contributed by atoms with Gasteiger partial charge in [-0.1, -0.05) is 192 Å². The molecule has 12 nitrogen and oxygen atoms in total. The van der Waals surface area contributed by atoms with Gasteiger partial charge in [-0.25, -0.2) is 0 Å². The van der Waals surface area contributed by atoms with Gasteiger partial charge >= 0.3 is 48.6 Å². The number of hydrogen-bond donors (Lipinski definition) is 0. The fourth-order valence-corrected chi connectivity index (χ4v) is 12.9. The van der Waals surface area contributed by atoms with Crippen LogP contribution in [0.4, 0.5) is 52.7 Å². The number of carbonyl (C=O) groups is 8. The molecule has 108 heavy (non-hydrogen) atoms. The molecule has 8 atom stereocenters. The van der Waals surface area contributed by atoms with Crippen molar-refractivity contribution in [3.63, 3.8) is 0 Å². The molecule has 0 bridgehead atoms. The van der Waals surface area contributed by atoms with E-state index in [1.807, 2.05) is 0 Å². The van der Waals surface area contributed by atoms with Gasteiger partial charge < -0.3 is 18.9 Å². The third-order valence-corrected chi connectivity index (χ3v) is 18.6. The molecule has 0 aromatic carbocycles. The van der Waals surface area contributed by atoms with Gasteiger partial charge in [0.05, 0.1) is 45.8 Å². The van der Waals surface area contributed by atoms with E-state index in [4.69, 9.17) is 65.4 Å². The summed E-state index contributed by atoms with van der Waals surface area (Å²) in [6, 6.07) is 0. The lowest BCUT2D eigenvalue weighted by atomic mass is 9.95. The van der Waals surface area contributed by atoms with Crippen LogP contribution in [0.5, 0.6) is 0 Å². The zero-order valence-electron chi connectivity index (χ0n) is 59.2. The van der Waals surface area contributed by atoms with Crippen molar-refractivity contribution in [1.82, 2.24) is 0 Å². The predicted octanol–water partition coefficient (Wildman–Crippen LogP) is 22.3. The molecule has 0 saturated carbocycles. The van der Waals surface area contributed by atoms with E-state index in [-0.39, 0.29) is 171 Å². The van der Waals surface area contributed by atoms with E-state index < -0.39 is 145 Å². The molecule has 28 heteroatoms. The lowest BCUT2D eigenvalue weighted by molar-refractivity contribution is -0.149. The Kier molecular flexibility index (Phi) is 39.2. The molecule has 0 radical (unpaired) electrons. The van der Waals surface area contributed by atoms with Crippen molar-refractivity contribution in [2.75, 3.05) is 0 Å². The van der Waals surface area contributed by atoms with Gasteiger partial charge in [0.15, 0.2) is 23.1 Å². The van der Waals surface area contributed by atoms with Crippen molar-refractivity contribution in [2.45, 2.75) is 229 Å². The summed E-state index contributed by atoms with van der Waals surface area (Å²) in [5.74, 6) is -6.92. The van der Waals surface area contributed by atoms with Crippen LogP contribution in [0.25, 0.3) is 0 Å². The molecule has 1 aliphatic heterocycles. The normalized spacial score (nSPS) is 25.2. The van der Waals surface area contributed by atoms with Crippen LogP contribution in [0, 0.1) is 23.7 Å². The molecule has 0 aromatic heterocycles. The van der Waals surface area contributed by atoms with Crippen molar-refractivity contribution in [3.8, 4) is 0 Å². The number of esters is 4. The van der Waals surface area contributed by atoms with Gasteiger partial charge in [-0.2, -0.15) is 52.7 Å². The summed E-state index contributed by atoms with van der Waals surface area (Å²) in [6.07, 6.45) is 9.87. The third kappa shape index (κ3) is 36.5. The second-order valence-corrected chi connectivity index (χ2v) is 28.0. The quantitative estimate of drug-likeness (QED) is 0.0784. The number of halogens is 16. The average molecular weight is 1610 g/mol. The van der Waals surface area contributed by atoms with Gasteiger partial charge in [-0.15, -0.1) is 0 Å². The van der Waals surface area contributed by atoms with Crippen LogP contribution in [0.2, 0.25) is 0 Å². The minimum absolute atomic E-state index is 0.0727. The number of cyclic esters (lactones) is 4. The summed E-state index contributed by atoms with van der Waals surface area (Å²) in [5.41, 5.74) is 1.02. The van der Waals surface area contributed by atoms with E-state index >= 15 is 0 Å². The van der Waals surface area contributed by atoms with Gasteiger partial charge in [0.1, 0.15) is 24.4 Å². The molecule has 5 rings (SSSR count). The van der Waals surface area contributed by atoms with Crippen LogP contribution in [-0.4, -0.2) is 96.1 Å². The van der Waals surface area contributed by atoms with Gasteiger partial charge in [0.25, 0.3) is 0 Å². The monoisotopic (exact) mass is 1610 g/mol. The zero-order chi connectivity index (χ0) is 79.5. The molecule has 1 heterocycles. The highest BCUT2D eigenvalue weighted by Crippen LogP contribution is 2.38. The van der Waals surface area contributed by atoms with E-state index in [0.717, 1.165) is 24.3 Å². The van der Waals surface area contributed by atoms with E-state index in [2.05, 4.69) is 0 Å². The number of rotatable bonds is 12. The molecule has 0 fully saturated rings. The predicted molar refractivity (Wildman–Crippen MR) is 388 cm³/mol. The zero-order valence-corrected chi connectivity index (χ0v) is 62.2. The number of hydrogen-bond acceptors (Lipinski definition) is 12. The lowest BCUT2D eigenvalue weighted by Crippen LogP contribution is -2.18. The van der Waals surface area contributed by atoms with Gasteiger partial charge in [-0.05, 0) is 77.0 Å². The fraction of sp³-hybridized carbons (Fsp3) is 0.500. The number of alkyl halides is 12. The van der Waals surface area contributed by atoms with Crippen LogP contribution in [0.3, 0.4) is 0 Å². The number of Topliss-reactive ketones (excluding diaryl/α,β-unsaturated/α-hetero) is 4. The first-order valence-corrected chi connectivity index (χ1v) is 37.3. The average Bonchev–Trinajstić information content (AvgIpc) is 1.71. The molecule has 0 amide bonds. The molecule has 0 saturated heterocycles. The standard InChI is InChI=1S/C80H88Cl4F12O12/c81-65-49-53-25-9-1-5-13-33-69(97)105-57(29-17-21-45-77(85,86)87)38-42-62-54(50-66(82)74(62)102)26-10-3-7-15-35-71(99)107-59(31-19-23-47-79(91,92)93)40-44-64-56(52-68(84)76(64)104)28-12-4-8-16-36-72(100)108-60(32-20-24-48-80(94,95)96)39-43-63-55(51-67(83)75(63)103)27-11-2-6-14-34-70(98)106-58(37-41-61(53)73(65)101)30-18-22-46-78(88,89)90/h1-4,9-12,17-24,41-44,49-60H,5-8,13-16,25-40,45-48H2/b9-1?,10-3?,11-2?,12-4?,21-17-,22-18-,23-19-,24-20-,61-41?,62-42?,63-43?,64-44?/t53-,54?,55?,56-,57+,58-,59-,60+/m0/s1. The maximum Gasteiger partial charge on any atom is 0.392 e. The molecule has 2 unspecified atom stereocenters. The van der Waals surface area contributed by atoms with Crippen molar-refractivity contribution in [2.24, 2.45) is 23.7 Å². The molecular formula is C80H88Cl4F12O12. The highest BCUT2D eigenvalue weighted by atomic mass is 35.5. The first kappa shape index (κ1) is 91.3. The number of ether oxygens (including phenoxy) is 4. The van der Waals surface area contributed by atoms with Crippen molar-refractivity contribution in [1.29, 1.82) is 0 Å².